The van der Waals surface area contributed by atoms with E-state index >= 15 is 0 Å². The second-order valence-electron chi connectivity index (χ2n) is 5.38. The predicted octanol–water partition coefficient (Wildman–Crippen LogP) is 4.48. The first kappa shape index (κ1) is 18.4. The molecule has 24 heavy (non-hydrogen) atoms. The van der Waals surface area contributed by atoms with Gasteiger partial charge in [-0.25, -0.2) is 0 Å². The fourth-order valence-electron chi connectivity index (χ4n) is 2.16. The van der Waals surface area contributed by atoms with Crippen LogP contribution in [0.3, 0.4) is 0 Å². The van der Waals surface area contributed by atoms with Crippen molar-refractivity contribution in [1.29, 1.82) is 0 Å². The monoisotopic (exact) mass is 362 g/mol. The van der Waals surface area contributed by atoms with E-state index < -0.39 is 0 Å². The van der Waals surface area contributed by atoms with Crippen molar-refractivity contribution in [2.24, 2.45) is 0 Å². The third-order valence-corrected chi connectivity index (χ3v) is 4.45. The predicted molar refractivity (Wildman–Crippen MR) is 102 cm³/mol. The SMILES string of the molecule is CC(=O)Nc1ccc(NC(=O)CSCc2cccc(Cl)c2)cc1C. The van der Waals surface area contributed by atoms with Gasteiger partial charge in [-0.05, 0) is 48.4 Å². The lowest BCUT2D eigenvalue weighted by Gasteiger charge is -2.10. The number of carbonyl (C=O) groups excluding carboxylic acids is 2. The van der Waals surface area contributed by atoms with E-state index in [1.54, 1.807) is 12.1 Å². The van der Waals surface area contributed by atoms with E-state index in [2.05, 4.69) is 10.6 Å². The second-order valence-corrected chi connectivity index (χ2v) is 6.80. The molecule has 0 aliphatic rings. The highest BCUT2D eigenvalue weighted by Crippen LogP contribution is 2.20. The van der Waals surface area contributed by atoms with Gasteiger partial charge in [-0.3, -0.25) is 9.59 Å². The zero-order valence-electron chi connectivity index (χ0n) is 13.6. The first-order chi connectivity index (χ1) is 11.4. The molecule has 0 aliphatic carbocycles. The lowest BCUT2D eigenvalue weighted by atomic mass is 10.1. The van der Waals surface area contributed by atoms with Gasteiger partial charge in [0.2, 0.25) is 11.8 Å². The smallest absolute Gasteiger partial charge is 0.234 e. The van der Waals surface area contributed by atoms with Gasteiger partial charge in [0.25, 0.3) is 0 Å². The Morgan fingerprint density at radius 3 is 2.58 bits per heavy atom. The molecule has 2 amide bonds. The Kier molecular flexibility index (Phi) is 6.70. The number of amides is 2. The van der Waals surface area contributed by atoms with Crippen LogP contribution < -0.4 is 10.6 Å². The molecule has 0 radical (unpaired) electrons. The zero-order chi connectivity index (χ0) is 17.5. The van der Waals surface area contributed by atoms with Crippen molar-refractivity contribution in [1.82, 2.24) is 0 Å². The first-order valence-corrected chi connectivity index (χ1v) is 8.97. The molecule has 0 spiro atoms. The van der Waals surface area contributed by atoms with Gasteiger partial charge in [0.15, 0.2) is 0 Å². The number of carbonyl (C=O) groups is 2. The number of rotatable bonds is 6. The van der Waals surface area contributed by atoms with Crippen LogP contribution in [0.15, 0.2) is 42.5 Å². The maximum atomic E-state index is 12.0. The van der Waals surface area contributed by atoms with Gasteiger partial charge in [0.1, 0.15) is 0 Å². The number of hydrogen-bond donors (Lipinski definition) is 2. The van der Waals surface area contributed by atoms with Gasteiger partial charge in [-0.1, -0.05) is 23.7 Å². The number of thioether (sulfide) groups is 1. The molecule has 0 aliphatic heterocycles. The highest BCUT2D eigenvalue weighted by atomic mass is 35.5. The Bertz CT molecular complexity index is 750. The van der Waals surface area contributed by atoms with Crippen LogP contribution in [0.4, 0.5) is 11.4 Å². The van der Waals surface area contributed by atoms with E-state index in [9.17, 15) is 9.59 Å². The number of hydrogen-bond acceptors (Lipinski definition) is 3. The highest BCUT2D eigenvalue weighted by Gasteiger charge is 2.06. The van der Waals surface area contributed by atoms with Crippen LogP contribution in [-0.4, -0.2) is 17.6 Å². The summed E-state index contributed by atoms with van der Waals surface area (Å²) in [5.74, 6) is 0.911. The van der Waals surface area contributed by atoms with Crippen molar-refractivity contribution in [3.63, 3.8) is 0 Å². The van der Waals surface area contributed by atoms with Crippen LogP contribution >= 0.6 is 23.4 Å². The van der Waals surface area contributed by atoms with E-state index in [1.165, 1.54) is 18.7 Å². The Balaban J connectivity index is 1.83. The molecular weight excluding hydrogens is 344 g/mol. The summed E-state index contributed by atoms with van der Waals surface area (Å²) in [6.07, 6.45) is 0. The molecule has 6 heteroatoms. The lowest BCUT2D eigenvalue weighted by Crippen LogP contribution is -2.14. The van der Waals surface area contributed by atoms with Gasteiger partial charge < -0.3 is 10.6 Å². The van der Waals surface area contributed by atoms with Crippen molar-refractivity contribution in [3.8, 4) is 0 Å². The molecule has 0 fully saturated rings. The molecule has 2 aromatic rings. The molecule has 0 heterocycles. The molecule has 4 nitrogen and oxygen atoms in total. The quantitative estimate of drug-likeness (QED) is 0.796. The summed E-state index contributed by atoms with van der Waals surface area (Å²) in [4.78, 5) is 23.1. The normalized spacial score (nSPS) is 10.3. The topological polar surface area (TPSA) is 58.2 Å². The van der Waals surface area contributed by atoms with Crippen molar-refractivity contribution in [2.45, 2.75) is 19.6 Å². The zero-order valence-corrected chi connectivity index (χ0v) is 15.1. The Labute approximate surface area is 151 Å². The molecule has 0 unspecified atom stereocenters. The molecule has 0 saturated heterocycles. The Hall–Kier alpha value is -1.98. The standard InChI is InChI=1S/C18H19ClN2O2S/c1-12-8-16(6-7-17(12)20-13(2)22)21-18(23)11-24-10-14-4-3-5-15(19)9-14/h3-9H,10-11H2,1-2H3,(H,20,22)(H,21,23). The molecule has 2 rings (SSSR count). The van der Waals surface area contributed by atoms with E-state index in [1.807, 2.05) is 37.3 Å². The fraction of sp³-hybridized carbons (Fsp3) is 0.222. The largest absolute Gasteiger partial charge is 0.326 e. The minimum atomic E-state index is -0.118. The molecular formula is C18H19ClN2O2S. The molecule has 0 saturated carbocycles. The maximum absolute atomic E-state index is 12.0. The highest BCUT2D eigenvalue weighted by molar-refractivity contribution is 7.99. The van der Waals surface area contributed by atoms with Crippen LogP contribution in [0.25, 0.3) is 0 Å². The number of aryl methyl sites for hydroxylation is 1. The lowest BCUT2D eigenvalue weighted by molar-refractivity contribution is -0.114. The molecule has 0 aromatic heterocycles. The molecule has 0 bridgehead atoms. The van der Waals surface area contributed by atoms with Crippen molar-refractivity contribution in [3.05, 3.63) is 58.6 Å². The summed E-state index contributed by atoms with van der Waals surface area (Å²) in [7, 11) is 0. The van der Waals surface area contributed by atoms with Crippen molar-refractivity contribution >= 4 is 46.6 Å². The van der Waals surface area contributed by atoms with E-state index in [-0.39, 0.29) is 11.8 Å². The van der Waals surface area contributed by atoms with Gasteiger partial charge in [0, 0.05) is 29.1 Å². The van der Waals surface area contributed by atoms with Crippen molar-refractivity contribution < 1.29 is 9.59 Å². The minimum absolute atomic E-state index is 0.0614. The third-order valence-electron chi connectivity index (χ3n) is 3.21. The summed E-state index contributed by atoms with van der Waals surface area (Å²) in [6.45, 7) is 3.35. The molecule has 126 valence electrons. The van der Waals surface area contributed by atoms with Crippen LogP contribution in [0.5, 0.6) is 0 Å². The van der Waals surface area contributed by atoms with E-state index in [4.69, 9.17) is 11.6 Å². The summed E-state index contributed by atoms with van der Waals surface area (Å²) < 4.78 is 0. The molecule has 0 atom stereocenters. The van der Waals surface area contributed by atoms with Gasteiger partial charge >= 0.3 is 0 Å². The Morgan fingerprint density at radius 1 is 1.12 bits per heavy atom. The van der Waals surface area contributed by atoms with Gasteiger partial charge in [0.05, 0.1) is 5.75 Å². The van der Waals surface area contributed by atoms with Crippen LogP contribution in [0.1, 0.15) is 18.1 Å². The van der Waals surface area contributed by atoms with Gasteiger partial charge in [-0.2, -0.15) is 0 Å². The summed E-state index contributed by atoms with van der Waals surface area (Å²) in [6, 6.07) is 13.0. The van der Waals surface area contributed by atoms with Crippen LogP contribution in [0.2, 0.25) is 5.02 Å². The number of nitrogens with one attached hydrogen (secondary N) is 2. The number of anilines is 2. The van der Waals surface area contributed by atoms with E-state index in [0.717, 1.165) is 28.3 Å². The average Bonchev–Trinajstić information content (AvgIpc) is 2.50. The fourth-order valence-corrected chi connectivity index (χ4v) is 3.14. The molecule has 2 aromatic carbocycles. The van der Waals surface area contributed by atoms with Crippen LogP contribution in [0, 0.1) is 6.92 Å². The average molecular weight is 363 g/mol. The molecule has 2 N–H and O–H groups in total. The number of benzene rings is 2. The maximum Gasteiger partial charge on any atom is 0.234 e. The minimum Gasteiger partial charge on any atom is -0.326 e. The van der Waals surface area contributed by atoms with Crippen LogP contribution in [-0.2, 0) is 15.3 Å². The summed E-state index contributed by atoms with van der Waals surface area (Å²) in [5, 5.41) is 6.31. The third kappa shape index (κ3) is 5.91. The van der Waals surface area contributed by atoms with E-state index in [0.29, 0.717) is 10.8 Å². The summed E-state index contributed by atoms with van der Waals surface area (Å²) >= 11 is 7.47. The van der Waals surface area contributed by atoms with Crippen molar-refractivity contribution in [2.75, 3.05) is 16.4 Å². The van der Waals surface area contributed by atoms with Gasteiger partial charge in [-0.15, -0.1) is 11.8 Å². The number of halogens is 1. The Morgan fingerprint density at radius 2 is 1.92 bits per heavy atom. The summed E-state index contributed by atoms with van der Waals surface area (Å²) in [5.41, 5.74) is 3.45. The second kappa shape index (κ2) is 8.76. The first-order valence-electron chi connectivity index (χ1n) is 7.44.